The van der Waals surface area contributed by atoms with Crippen molar-refractivity contribution >= 4 is 5.91 Å². The van der Waals surface area contributed by atoms with Crippen molar-refractivity contribution < 1.29 is 4.79 Å². The van der Waals surface area contributed by atoms with Crippen LogP contribution in [0.1, 0.15) is 46.5 Å². The molecule has 2 atom stereocenters. The van der Waals surface area contributed by atoms with Crippen molar-refractivity contribution in [1.82, 2.24) is 9.80 Å². The van der Waals surface area contributed by atoms with Gasteiger partial charge in [-0.05, 0) is 33.1 Å². The first kappa shape index (κ1) is 13.6. The summed E-state index contributed by atoms with van der Waals surface area (Å²) in [6.45, 7) is 9.58. The van der Waals surface area contributed by atoms with Crippen molar-refractivity contribution in [2.45, 2.75) is 58.5 Å². The molecule has 18 heavy (non-hydrogen) atoms. The van der Waals surface area contributed by atoms with Crippen LogP contribution in [0.2, 0.25) is 0 Å². The lowest BCUT2D eigenvalue weighted by Gasteiger charge is -2.41. The summed E-state index contributed by atoms with van der Waals surface area (Å²) >= 11 is 0. The maximum absolute atomic E-state index is 12.1. The summed E-state index contributed by atoms with van der Waals surface area (Å²) in [6, 6.07) is 0.958. The molecule has 2 unspecified atom stereocenters. The molecule has 0 aromatic carbocycles. The van der Waals surface area contributed by atoms with E-state index in [1.807, 2.05) is 0 Å². The predicted octanol–water partition coefficient (Wildman–Crippen LogP) is 2.43. The van der Waals surface area contributed by atoms with Crippen LogP contribution >= 0.6 is 0 Å². The van der Waals surface area contributed by atoms with Gasteiger partial charge in [0.05, 0.1) is 0 Å². The summed E-state index contributed by atoms with van der Waals surface area (Å²) in [6.07, 6.45) is 6.28. The van der Waals surface area contributed by atoms with Crippen molar-refractivity contribution in [3.63, 3.8) is 0 Å². The second kappa shape index (κ2) is 5.87. The lowest BCUT2D eigenvalue weighted by Crippen LogP contribution is -2.55. The number of nitrogens with zero attached hydrogens (tertiary/aromatic N) is 2. The largest absolute Gasteiger partial charge is 0.334 e. The van der Waals surface area contributed by atoms with E-state index in [1.165, 1.54) is 18.4 Å². The molecule has 0 aromatic heterocycles. The number of piperazine rings is 1. The summed E-state index contributed by atoms with van der Waals surface area (Å²) in [5.41, 5.74) is 1.43. The normalized spacial score (nSPS) is 28.8. The van der Waals surface area contributed by atoms with E-state index >= 15 is 0 Å². The van der Waals surface area contributed by atoms with E-state index in [0.29, 0.717) is 18.0 Å². The Kier molecular flexibility index (Phi) is 4.44. The van der Waals surface area contributed by atoms with E-state index in [-0.39, 0.29) is 0 Å². The molecular formula is C15H26N2O. The number of rotatable bonds is 4. The fourth-order valence-electron chi connectivity index (χ4n) is 3.31. The molecular weight excluding hydrogens is 224 g/mol. The van der Waals surface area contributed by atoms with Crippen LogP contribution in [0, 0.1) is 0 Å². The first-order chi connectivity index (χ1) is 8.65. The van der Waals surface area contributed by atoms with Crippen LogP contribution in [-0.2, 0) is 4.79 Å². The quantitative estimate of drug-likeness (QED) is 0.715. The predicted molar refractivity (Wildman–Crippen MR) is 74.4 cm³/mol. The number of carbonyl (C=O) groups is 1. The van der Waals surface area contributed by atoms with Gasteiger partial charge in [-0.2, -0.15) is 0 Å². The molecule has 2 fully saturated rings. The Bertz CT molecular complexity index is 323. The minimum absolute atomic E-state index is 0.382. The summed E-state index contributed by atoms with van der Waals surface area (Å²) in [4.78, 5) is 16.9. The van der Waals surface area contributed by atoms with Crippen molar-refractivity contribution in [2.24, 2.45) is 0 Å². The molecule has 2 heterocycles. The zero-order chi connectivity index (χ0) is 13.1. The number of carbonyl (C=O) groups excluding carboxylic acids is 1. The lowest BCUT2D eigenvalue weighted by atomic mass is 10.1. The monoisotopic (exact) mass is 250 g/mol. The van der Waals surface area contributed by atoms with E-state index < -0.39 is 0 Å². The number of amides is 1. The Labute approximate surface area is 111 Å². The SMILES string of the molecule is C/C=C(\C)CN1CC2CCC(C1)N2C(=O)CCC. The molecule has 0 saturated carbocycles. The summed E-state index contributed by atoms with van der Waals surface area (Å²) in [5, 5.41) is 0. The van der Waals surface area contributed by atoms with Crippen LogP contribution in [0.3, 0.4) is 0 Å². The Morgan fingerprint density at radius 3 is 2.39 bits per heavy atom. The van der Waals surface area contributed by atoms with Crippen molar-refractivity contribution in [2.75, 3.05) is 19.6 Å². The van der Waals surface area contributed by atoms with E-state index in [2.05, 4.69) is 36.6 Å². The zero-order valence-electron chi connectivity index (χ0n) is 12.0. The topological polar surface area (TPSA) is 23.6 Å². The molecule has 102 valence electrons. The third kappa shape index (κ3) is 2.77. The summed E-state index contributed by atoms with van der Waals surface area (Å²) < 4.78 is 0. The van der Waals surface area contributed by atoms with Crippen LogP contribution in [0.25, 0.3) is 0 Å². The van der Waals surface area contributed by atoms with Crippen molar-refractivity contribution in [3.8, 4) is 0 Å². The molecule has 0 aliphatic carbocycles. The molecule has 0 radical (unpaired) electrons. The van der Waals surface area contributed by atoms with Crippen LogP contribution in [-0.4, -0.2) is 47.4 Å². The van der Waals surface area contributed by atoms with Gasteiger partial charge in [-0.1, -0.05) is 18.6 Å². The van der Waals surface area contributed by atoms with Gasteiger partial charge in [0.2, 0.25) is 5.91 Å². The minimum atomic E-state index is 0.382. The Hall–Kier alpha value is -0.830. The highest BCUT2D eigenvalue weighted by molar-refractivity contribution is 5.77. The van der Waals surface area contributed by atoms with Crippen LogP contribution in [0.15, 0.2) is 11.6 Å². The van der Waals surface area contributed by atoms with E-state index in [0.717, 1.165) is 32.5 Å². The molecule has 0 N–H and O–H groups in total. The van der Waals surface area contributed by atoms with E-state index in [4.69, 9.17) is 0 Å². The number of allylic oxidation sites excluding steroid dienone is 1. The molecule has 2 rings (SSSR count). The molecule has 0 spiro atoms. The maximum atomic E-state index is 12.1. The molecule has 0 aromatic rings. The average Bonchev–Trinajstić information content (AvgIpc) is 2.61. The average molecular weight is 250 g/mol. The van der Waals surface area contributed by atoms with Crippen LogP contribution in [0.4, 0.5) is 0 Å². The lowest BCUT2D eigenvalue weighted by molar-refractivity contribution is -0.136. The summed E-state index contributed by atoms with van der Waals surface area (Å²) in [5.74, 6) is 0.382. The molecule has 2 aliphatic heterocycles. The Balaban J connectivity index is 1.96. The molecule has 2 aliphatic rings. The first-order valence-corrected chi connectivity index (χ1v) is 7.31. The van der Waals surface area contributed by atoms with Gasteiger partial charge in [-0.15, -0.1) is 0 Å². The van der Waals surface area contributed by atoms with E-state index in [9.17, 15) is 4.79 Å². The van der Waals surface area contributed by atoms with Gasteiger partial charge < -0.3 is 4.90 Å². The molecule has 1 amide bonds. The molecule has 2 bridgehead atoms. The smallest absolute Gasteiger partial charge is 0.223 e. The summed E-state index contributed by atoms with van der Waals surface area (Å²) in [7, 11) is 0. The minimum Gasteiger partial charge on any atom is -0.334 e. The van der Waals surface area contributed by atoms with Gasteiger partial charge in [0, 0.05) is 38.1 Å². The highest BCUT2D eigenvalue weighted by Gasteiger charge is 2.41. The Morgan fingerprint density at radius 2 is 1.89 bits per heavy atom. The second-order valence-corrected chi connectivity index (χ2v) is 5.77. The van der Waals surface area contributed by atoms with Crippen molar-refractivity contribution in [3.05, 3.63) is 11.6 Å². The third-order valence-corrected chi connectivity index (χ3v) is 4.28. The fourth-order valence-corrected chi connectivity index (χ4v) is 3.31. The van der Waals surface area contributed by atoms with Crippen LogP contribution < -0.4 is 0 Å². The highest BCUT2D eigenvalue weighted by atomic mass is 16.2. The molecule has 2 saturated heterocycles. The standard InChI is InChI=1S/C15H26N2O/c1-4-6-15(18)17-13-7-8-14(17)11-16(10-13)9-12(3)5-2/h5,13-14H,4,6-11H2,1-3H3/b12-5+. The maximum Gasteiger partial charge on any atom is 0.223 e. The number of hydrogen-bond donors (Lipinski definition) is 0. The van der Waals surface area contributed by atoms with Gasteiger partial charge in [-0.25, -0.2) is 0 Å². The first-order valence-electron chi connectivity index (χ1n) is 7.31. The van der Waals surface area contributed by atoms with Crippen molar-refractivity contribution in [1.29, 1.82) is 0 Å². The van der Waals surface area contributed by atoms with Crippen LogP contribution in [0.5, 0.6) is 0 Å². The third-order valence-electron chi connectivity index (χ3n) is 4.28. The number of hydrogen-bond acceptors (Lipinski definition) is 2. The van der Waals surface area contributed by atoms with E-state index in [1.54, 1.807) is 0 Å². The Morgan fingerprint density at radius 1 is 1.28 bits per heavy atom. The van der Waals surface area contributed by atoms with Gasteiger partial charge in [0.1, 0.15) is 0 Å². The van der Waals surface area contributed by atoms with Gasteiger partial charge in [0.15, 0.2) is 0 Å². The zero-order valence-corrected chi connectivity index (χ0v) is 12.0. The van der Waals surface area contributed by atoms with Gasteiger partial charge in [-0.3, -0.25) is 9.69 Å². The van der Waals surface area contributed by atoms with Gasteiger partial charge >= 0.3 is 0 Å². The number of likely N-dealkylation sites (tertiary alicyclic amines) is 1. The highest BCUT2D eigenvalue weighted by Crippen LogP contribution is 2.31. The molecule has 3 heteroatoms. The fraction of sp³-hybridized carbons (Fsp3) is 0.800. The second-order valence-electron chi connectivity index (χ2n) is 5.77. The number of fused-ring (bicyclic) bond motifs is 2. The van der Waals surface area contributed by atoms with Gasteiger partial charge in [0.25, 0.3) is 0 Å². The molecule has 3 nitrogen and oxygen atoms in total.